The molecule has 0 spiro atoms. The van der Waals surface area contributed by atoms with Gasteiger partial charge >= 0.3 is 0 Å². The van der Waals surface area contributed by atoms with E-state index in [9.17, 15) is 8.42 Å². The minimum absolute atomic E-state index is 0.0872. The van der Waals surface area contributed by atoms with Crippen molar-refractivity contribution in [2.45, 2.75) is 31.8 Å². The average molecular weight is 330 g/mol. The molecule has 0 aromatic carbocycles. The monoisotopic (exact) mass is 330 g/mol. The van der Waals surface area contributed by atoms with Crippen LogP contribution in [0.4, 0.5) is 0 Å². The first-order valence-electron chi connectivity index (χ1n) is 6.36. The number of aliphatic hydroxyl groups excluding tert-OH is 1. The van der Waals surface area contributed by atoms with Gasteiger partial charge in [0.15, 0.2) is 0 Å². The first-order chi connectivity index (χ1) is 9.87. The maximum absolute atomic E-state index is 12.7. The molecule has 0 saturated heterocycles. The van der Waals surface area contributed by atoms with Gasteiger partial charge in [0.05, 0.1) is 42.3 Å². The largest absolute Gasteiger partial charge is 0.394 e. The molecule has 0 aliphatic heterocycles. The number of aryl methyl sites for hydroxylation is 1. The van der Waals surface area contributed by atoms with E-state index >= 15 is 0 Å². The summed E-state index contributed by atoms with van der Waals surface area (Å²) in [6, 6.07) is 0. The minimum atomic E-state index is -3.64. The quantitative estimate of drug-likeness (QED) is 0.845. The zero-order valence-electron chi connectivity index (χ0n) is 12.1. The van der Waals surface area contributed by atoms with Crippen LogP contribution < -0.4 is 0 Å². The summed E-state index contributed by atoms with van der Waals surface area (Å²) >= 11 is 1.43. The molecule has 2 rings (SSSR count). The lowest BCUT2D eigenvalue weighted by Crippen LogP contribution is -2.27. The van der Waals surface area contributed by atoms with Crippen molar-refractivity contribution in [2.75, 3.05) is 13.7 Å². The van der Waals surface area contributed by atoms with E-state index in [4.69, 9.17) is 5.11 Å². The molecular formula is C12H18N4O3S2. The molecule has 116 valence electrons. The number of rotatable bonds is 6. The highest BCUT2D eigenvalue weighted by Gasteiger charge is 2.28. The minimum Gasteiger partial charge on any atom is -0.394 e. The fourth-order valence-electron chi connectivity index (χ4n) is 2.15. The maximum atomic E-state index is 12.7. The van der Waals surface area contributed by atoms with Gasteiger partial charge in [0.2, 0.25) is 10.0 Å². The number of thiazole rings is 1. The average Bonchev–Trinajstić information content (AvgIpc) is 2.99. The first kappa shape index (κ1) is 16.1. The fraction of sp³-hybridized carbons (Fsp3) is 0.500. The third-order valence-corrected chi connectivity index (χ3v) is 5.86. The molecule has 0 aliphatic rings. The van der Waals surface area contributed by atoms with E-state index in [1.165, 1.54) is 27.4 Å². The van der Waals surface area contributed by atoms with Crippen molar-refractivity contribution in [3.05, 3.63) is 28.0 Å². The lowest BCUT2D eigenvalue weighted by molar-refractivity contribution is 0.267. The lowest BCUT2D eigenvalue weighted by atomic mass is 10.4. The molecule has 2 aromatic heterocycles. The molecule has 21 heavy (non-hydrogen) atoms. The summed E-state index contributed by atoms with van der Waals surface area (Å²) in [5, 5.41) is 15.0. The smallest absolute Gasteiger partial charge is 0.246 e. The van der Waals surface area contributed by atoms with Crippen LogP contribution in [-0.2, 0) is 23.1 Å². The van der Waals surface area contributed by atoms with Crippen molar-refractivity contribution < 1.29 is 13.5 Å². The Morgan fingerprint density at radius 3 is 2.71 bits per heavy atom. The lowest BCUT2D eigenvalue weighted by Gasteiger charge is -2.16. The van der Waals surface area contributed by atoms with E-state index in [-0.39, 0.29) is 24.6 Å². The van der Waals surface area contributed by atoms with Gasteiger partial charge in [-0.3, -0.25) is 4.68 Å². The summed E-state index contributed by atoms with van der Waals surface area (Å²) < 4.78 is 28.2. The Morgan fingerprint density at radius 1 is 1.43 bits per heavy atom. The Balaban J connectivity index is 2.35. The van der Waals surface area contributed by atoms with Gasteiger partial charge in [-0.05, 0) is 13.8 Å². The molecule has 7 nitrogen and oxygen atoms in total. The zero-order chi connectivity index (χ0) is 15.6. The highest BCUT2D eigenvalue weighted by atomic mass is 32.2. The molecule has 2 heterocycles. The summed E-state index contributed by atoms with van der Waals surface area (Å²) in [4.78, 5) is 4.30. The highest BCUT2D eigenvalue weighted by molar-refractivity contribution is 7.89. The van der Waals surface area contributed by atoms with Gasteiger partial charge in [0.1, 0.15) is 4.90 Å². The van der Waals surface area contributed by atoms with E-state index in [2.05, 4.69) is 10.1 Å². The SMILES string of the molecule is Cc1nn(CCO)c(C)c1S(=O)(=O)N(C)Cc1cscn1. The second kappa shape index (κ2) is 6.22. The van der Waals surface area contributed by atoms with Crippen LogP contribution in [0.1, 0.15) is 17.1 Å². The third-order valence-electron chi connectivity index (χ3n) is 3.16. The van der Waals surface area contributed by atoms with Gasteiger partial charge < -0.3 is 5.11 Å². The van der Waals surface area contributed by atoms with E-state index < -0.39 is 10.0 Å². The van der Waals surface area contributed by atoms with Crippen molar-refractivity contribution in [2.24, 2.45) is 0 Å². The Kier molecular flexibility index (Phi) is 4.77. The summed E-state index contributed by atoms with van der Waals surface area (Å²) in [6.07, 6.45) is 0. The van der Waals surface area contributed by atoms with E-state index in [0.717, 1.165) is 0 Å². The number of nitrogens with zero attached hydrogens (tertiary/aromatic N) is 4. The predicted molar refractivity (Wildman–Crippen MR) is 79.6 cm³/mol. The van der Waals surface area contributed by atoms with E-state index in [1.54, 1.807) is 19.4 Å². The number of hydrogen-bond donors (Lipinski definition) is 1. The molecule has 0 saturated carbocycles. The van der Waals surface area contributed by atoms with Crippen molar-refractivity contribution in [1.29, 1.82) is 0 Å². The molecule has 0 unspecified atom stereocenters. The molecule has 9 heteroatoms. The van der Waals surface area contributed by atoms with Crippen LogP contribution in [0.25, 0.3) is 0 Å². The first-order valence-corrected chi connectivity index (χ1v) is 8.74. The maximum Gasteiger partial charge on any atom is 0.246 e. The van der Waals surface area contributed by atoms with Gasteiger partial charge in [0, 0.05) is 12.4 Å². The van der Waals surface area contributed by atoms with E-state index in [0.29, 0.717) is 17.1 Å². The van der Waals surface area contributed by atoms with Crippen molar-refractivity contribution in [3.63, 3.8) is 0 Å². The molecule has 0 bridgehead atoms. The van der Waals surface area contributed by atoms with Gasteiger partial charge in [-0.25, -0.2) is 13.4 Å². The van der Waals surface area contributed by atoms with Gasteiger partial charge in [0.25, 0.3) is 0 Å². The molecule has 0 atom stereocenters. The Labute approximate surface area is 127 Å². The number of aliphatic hydroxyl groups is 1. The Hall–Kier alpha value is -1.29. The number of hydrogen-bond acceptors (Lipinski definition) is 6. The summed E-state index contributed by atoms with van der Waals surface area (Å²) in [7, 11) is -2.12. The Bertz CT molecular complexity index is 707. The van der Waals surface area contributed by atoms with Crippen molar-refractivity contribution >= 4 is 21.4 Å². The van der Waals surface area contributed by atoms with Crippen LogP contribution in [0.3, 0.4) is 0 Å². The Morgan fingerprint density at radius 2 is 2.14 bits per heavy atom. The predicted octanol–water partition coefficient (Wildman–Crippen LogP) is 0.769. The van der Waals surface area contributed by atoms with Crippen LogP contribution in [0.15, 0.2) is 15.8 Å². The fourth-order valence-corrected chi connectivity index (χ4v) is 4.21. The van der Waals surface area contributed by atoms with Crippen molar-refractivity contribution in [3.8, 4) is 0 Å². The van der Waals surface area contributed by atoms with Gasteiger partial charge in [-0.15, -0.1) is 11.3 Å². The van der Waals surface area contributed by atoms with Crippen LogP contribution in [0.2, 0.25) is 0 Å². The van der Waals surface area contributed by atoms with E-state index in [1.807, 2.05) is 5.38 Å². The molecule has 2 aromatic rings. The van der Waals surface area contributed by atoms with Crippen LogP contribution in [0, 0.1) is 13.8 Å². The van der Waals surface area contributed by atoms with Crippen molar-refractivity contribution in [1.82, 2.24) is 19.1 Å². The second-order valence-corrected chi connectivity index (χ2v) is 7.39. The summed E-state index contributed by atoms with van der Waals surface area (Å²) in [5.41, 5.74) is 3.35. The molecule has 0 radical (unpaired) electrons. The third kappa shape index (κ3) is 3.15. The van der Waals surface area contributed by atoms with Crippen LogP contribution >= 0.6 is 11.3 Å². The molecular weight excluding hydrogens is 312 g/mol. The molecule has 0 fully saturated rings. The number of aromatic nitrogens is 3. The van der Waals surface area contributed by atoms with Crippen LogP contribution in [-0.4, -0.2) is 46.2 Å². The zero-order valence-corrected chi connectivity index (χ0v) is 13.8. The molecule has 0 amide bonds. The summed E-state index contributed by atoms with van der Waals surface area (Å²) in [5.74, 6) is 0. The second-order valence-electron chi connectivity index (χ2n) is 4.69. The number of sulfonamides is 1. The van der Waals surface area contributed by atoms with Gasteiger partial charge in [-0.2, -0.15) is 9.40 Å². The molecule has 1 N–H and O–H groups in total. The highest BCUT2D eigenvalue weighted by Crippen LogP contribution is 2.23. The molecule has 0 aliphatic carbocycles. The standard InChI is InChI=1S/C12H18N4O3S2/c1-9-12(10(2)16(14-9)4-5-17)21(18,19)15(3)6-11-7-20-8-13-11/h7-8,17H,4-6H2,1-3H3. The topological polar surface area (TPSA) is 88.3 Å². The normalized spacial score (nSPS) is 12.2. The van der Waals surface area contributed by atoms with Crippen LogP contribution in [0.5, 0.6) is 0 Å². The van der Waals surface area contributed by atoms with Gasteiger partial charge in [-0.1, -0.05) is 0 Å². The summed E-state index contributed by atoms with van der Waals surface area (Å²) in [6.45, 7) is 3.76.